The summed E-state index contributed by atoms with van der Waals surface area (Å²) in [5, 5.41) is 4.29. The van der Waals surface area contributed by atoms with Gasteiger partial charge in [-0.25, -0.2) is 0 Å². The number of ether oxygens (including phenoxy) is 1. The van der Waals surface area contributed by atoms with Crippen molar-refractivity contribution in [3.8, 4) is 5.75 Å². The highest BCUT2D eigenvalue weighted by Gasteiger charge is 2.22. The maximum Gasteiger partial charge on any atom is 0.123 e. The summed E-state index contributed by atoms with van der Waals surface area (Å²) in [6.45, 7) is 4.16. The molecule has 1 aromatic rings. The second kappa shape index (κ2) is 5.07. The van der Waals surface area contributed by atoms with Crippen molar-refractivity contribution in [1.29, 1.82) is 0 Å². The number of hydrogen-bond acceptors (Lipinski definition) is 2. The largest absolute Gasteiger partial charge is 0.496 e. The van der Waals surface area contributed by atoms with E-state index in [1.165, 1.54) is 18.4 Å². The van der Waals surface area contributed by atoms with Crippen LogP contribution < -0.4 is 10.1 Å². The lowest BCUT2D eigenvalue weighted by Gasteiger charge is -2.26. The van der Waals surface area contributed by atoms with Crippen LogP contribution in [0.5, 0.6) is 5.75 Å². The Labute approximate surface area is 102 Å². The molecule has 0 saturated carbocycles. The van der Waals surface area contributed by atoms with Crippen LogP contribution in [0.4, 0.5) is 0 Å². The van der Waals surface area contributed by atoms with E-state index in [0.29, 0.717) is 5.92 Å². The van der Waals surface area contributed by atoms with Gasteiger partial charge < -0.3 is 10.1 Å². The molecular weight excluding hydrogens is 222 g/mol. The Bertz CT molecular complexity index is 372. The Morgan fingerprint density at radius 2 is 2.25 bits per heavy atom. The number of piperidine rings is 1. The first-order chi connectivity index (χ1) is 7.74. The molecule has 2 rings (SSSR count). The fraction of sp³-hybridized carbons (Fsp3) is 0.538. The molecule has 0 aliphatic carbocycles. The molecule has 0 amide bonds. The van der Waals surface area contributed by atoms with Gasteiger partial charge in [0.25, 0.3) is 0 Å². The van der Waals surface area contributed by atoms with Crippen LogP contribution >= 0.6 is 11.6 Å². The number of halogens is 1. The molecule has 1 saturated heterocycles. The van der Waals surface area contributed by atoms with Crippen LogP contribution in [0.1, 0.15) is 29.9 Å². The van der Waals surface area contributed by atoms with Crippen molar-refractivity contribution in [2.45, 2.75) is 25.7 Å². The second-order valence-corrected chi connectivity index (χ2v) is 4.73. The van der Waals surface area contributed by atoms with Gasteiger partial charge in [-0.1, -0.05) is 17.7 Å². The van der Waals surface area contributed by atoms with E-state index in [0.717, 1.165) is 29.4 Å². The Hall–Kier alpha value is -0.730. The molecule has 1 atom stereocenters. The van der Waals surface area contributed by atoms with Gasteiger partial charge in [-0.15, -0.1) is 0 Å². The summed E-state index contributed by atoms with van der Waals surface area (Å²) in [6.07, 6.45) is 2.39. The van der Waals surface area contributed by atoms with E-state index in [9.17, 15) is 0 Å². The topological polar surface area (TPSA) is 21.3 Å². The normalized spacial score (nSPS) is 20.8. The van der Waals surface area contributed by atoms with Crippen molar-refractivity contribution in [2.24, 2.45) is 0 Å². The predicted octanol–water partition coefficient (Wildman–Crippen LogP) is 3.12. The predicted molar refractivity (Wildman–Crippen MR) is 67.6 cm³/mol. The monoisotopic (exact) mass is 239 g/mol. The molecule has 1 heterocycles. The molecule has 0 radical (unpaired) electrons. The molecule has 0 aromatic heterocycles. The van der Waals surface area contributed by atoms with Gasteiger partial charge in [-0.2, -0.15) is 0 Å². The van der Waals surface area contributed by atoms with Gasteiger partial charge in [0, 0.05) is 18.0 Å². The van der Waals surface area contributed by atoms with E-state index in [1.807, 2.05) is 19.1 Å². The highest BCUT2D eigenvalue weighted by molar-refractivity contribution is 6.32. The summed E-state index contributed by atoms with van der Waals surface area (Å²) in [5.74, 6) is 1.40. The zero-order chi connectivity index (χ0) is 11.5. The molecular formula is C13H18ClNO. The van der Waals surface area contributed by atoms with Gasteiger partial charge in [-0.3, -0.25) is 0 Å². The SMILES string of the molecule is COc1ccc(C)c(Cl)c1C1CCCNC1. The maximum atomic E-state index is 6.40. The minimum atomic E-state index is 0.482. The van der Waals surface area contributed by atoms with Crippen LogP contribution in [-0.2, 0) is 0 Å². The van der Waals surface area contributed by atoms with E-state index in [-0.39, 0.29) is 0 Å². The number of hydrogen-bond donors (Lipinski definition) is 1. The van der Waals surface area contributed by atoms with Crippen LogP contribution in [0.3, 0.4) is 0 Å². The van der Waals surface area contributed by atoms with Crippen LogP contribution in [0.25, 0.3) is 0 Å². The molecule has 1 fully saturated rings. The Balaban J connectivity index is 2.39. The minimum Gasteiger partial charge on any atom is -0.496 e. The molecule has 1 aromatic carbocycles. The van der Waals surface area contributed by atoms with E-state index in [1.54, 1.807) is 7.11 Å². The van der Waals surface area contributed by atoms with Gasteiger partial charge >= 0.3 is 0 Å². The van der Waals surface area contributed by atoms with E-state index in [4.69, 9.17) is 16.3 Å². The standard InChI is InChI=1S/C13H18ClNO/c1-9-5-6-11(16-2)12(13(9)14)10-4-3-7-15-8-10/h5-6,10,15H,3-4,7-8H2,1-2H3. The van der Waals surface area contributed by atoms with Gasteiger partial charge in [0.2, 0.25) is 0 Å². The Kier molecular flexibility index (Phi) is 3.72. The zero-order valence-corrected chi connectivity index (χ0v) is 10.6. The number of aryl methyl sites for hydroxylation is 1. The fourth-order valence-corrected chi connectivity index (χ4v) is 2.65. The van der Waals surface area contributed by atoms with Crippen LogP contribution in [0.2, 0.25) is 5.02 Å². The fourth-order valence-electron chi connectivity index (χ4n) is 2.34. The molecule has 3 heteroatoms. The summed E-state index contributed by atoms with van der Waals surface area (Å²) in [6, 6.07) is 4.03. The summed E-state index contributed by atoms with van der Waals surface area (Å²) in [4.78, 5) is 0. The van der Waals surface area contributed by atoms with Gasteiger partial charge in [0.05, 0.1) is 12.1 Å². The summed E-state index contributed by atoms with van der Waals surface area (Å²) >= 11 is 6.40. The first kappa shape index (κ1) is 11.7. The van der Waals surface area contributed by atoms with Crippen molar-refractivity contribution >= 4 is 11.6 Å². The molecule has 0 spiro atoms. The highest BCUT2D eigenvalue weighted by Crippen LogP contribution is 2.38. The molecule has 0 bridgehead atoms. The van der Waals surface area contributed by atoms with Gasteiger partial charge in [-0.05, 0) is 37.9 Å². The van der Waals surface area contributed by atoms with Crippen molar-refractivity contribution in [1.82, 2.24) is 5.32 Å². The summed E-state index contributed by atoms with van der Waals surface area (Å²) in [7, 11) is 1.71. The number of benzene rings is 1. The van der Waals surface area contributed by atoms with E-state index in [2.05, 4.69) is 5.32 Å². The third-order valence-corrected chi connectivity index (χ3v) is 3.76. The zero-order valence-electron chi connectivity index (χ0n) is 9.85. The van der Waals surface area contributed by atoms with Crippen LogP contribution in [-0.4, -0.2) is 20.2 Å². The van der Waals surface area contributed by atoms with E-state index < -0.39 is 0 Å². The van der Waals surface area contributed by atoms with Crippen LogP contribution in [0.15, 0.2) is 12.1 Å². The number of nitrogens with one attached hydrogen (secondary N) is 1. The van der Waals surface area contributed by atoms with Gasteiger partial charge in [0.15, 0.2) is 0 Å². The molecule has 2 nitrogen and oxygen atoms in total. The third kappa shape index (κ3) is 2.18. The van der Waals surface area contributed by atoms with Crippen LogP contribution in [0, 0.1) is 6.92 Å². The lowest BCUT2D eigenvalue weighted by Crippen LogP contribution is -2.28. The first-order valence-corrected chi connectivity index (χ1v) is 6.15. The molecule has 1 aliphatic heterocycles. The Morgan fingerprint density at radius 1 is 1.44 bits per heavy atom. The third-order valence-electron chi connectivity index (χ3n) is 3.26. The molecule has 1 aliphatic rings. The highest BCUT2D eigenvalue weighted by atomic mass is 35.5. The molecule has 1 unspecified atom stereocenters. The van der Waals surface area contributed by atoms with Crippen molar-refractivity contribution < 1.29 is 4.74 Å². The lowest BCUT2D eigenvalue weighted by atomic mass is 9.90. The number of methoxy groups -OCH3 is 1. The molecule has 88 valence electrons. The molecule has 1 N–H and O–H groups in total. The maximum absolute atomic E-state index is 6.40. The second-order valence-electron chi connectivity index (χ2n) is 4.36. The summed E-state index contributed by atoms with van der Waals surface area (Å²) in [5.41, 5.74) is 2.31. The Morgan fingerprint density at radius 3 is 2.88 bits per heavy atom. The minimum absolute atomic E-state index is 0.482. The van der Waals surface area contributed by atoms with Crippen molar-refractivity contribution in [2.75, 3.05) is 20.2 Å². The summed E-state index contributed by atoms with van der Waals surface area (Å²) < 4.78 is 5.42. The van der Waals surface area contributed by atoms with Gasteiger partial charge in [0.1, 0.15) is 5.75 Å². The smallest absolute Gasteiger partial charge is 0.123 e. The van der Waals surface area contributed by atoms with Crippen molar-refractivity contribution in [3.05, 3.63) is 28.3 Å². The average Bonchev–Trinajstić information content (AvgIpc) is 2.33. The van der Waals surface area contributed by atoms with E-state index >= 15 is 0 Å². The quantitative estimate of drug-likeness (QED) is 0.856. The molecule has 16 heavy (non-hydrogen) atoms. The van der Waals surface area contributed by atoms with Crippen molar-refractivity contribution in [3.63, 3.8) is 0 Å². The lowest BCUT2D eigenvalue weighted by molar-refractivity contribution is 0.392. The number of rotatable bonds is 2. The average molecular weight is 240 g/mol. The first-order valence-electron chi connectivity index (χ1n) is 5.77.